The van der Waals surface area contributed by atoms with Gasteiger partial charge >= 0.3 is 93.1 Å². The van der Waals surface area contributed by atoms with Crippen molar-refractivity contribution in [1.29, 1.82) is 0 Å². The van der Waals surface area contributed by atoms with Gasteiger partial charge in [0.15, 0.2) is 0 Å². The maximum atomic E-state index is 6.84. The van der Waals surface area contributed by atoms with Crippen LogP contribution in [0.25, 0.3) is 6.08 Å². The van der Waals surface area contributed by atoms with Crippen molar-refractivity contribution in [2.75, 3.05) is 0 Å². The van der Waals surface area contributed by atoms with E-state index in [4.69, 9.17) is 8.51 Å². The summed E-state index contributed by atoms with van der Waals surface area (Å²) in [5.41, 5.74) is 2.84. The van der Waals surface area contributed by atoms with Gasteiger partial charge in [-0.05, 0) is 0 Å². The molecule has 0 aromatic heterocycles. The number of benzene rings is 1. The third kappa shape index (κ3) is 1.98. The summed E-state index contributed by atoms with van der Waals surface area (Å²) in [5, 5.41) is 0. The van der Waals surface area contributed by atoms with E-state index in [-0.39, 0.29) is 0 Å². The van der Waals surface area contributed by atoms with E-state index in [2.05, 4.69) is 45.7 Å². The Morgan fingerprint density at radius 3 is 2.57 bits per heavy atom. The fourth-order valence-electron chi connectivity index (χ4n) is 2.10. The van der Waals surface area contributed by atoms with Crippen LogP contribution in [0.15, 0.2) is 30.3 Å². The fraction of sp³-hybridized carbons (Fsp3) is 0.273. The molecule has 0 saturated carbocycles. The Balaban J connectivity index is 2.51. The monoisotopic (exact) mass is 301 g/mol. The standard InChI is InChI=1S/C9H7.2CH3.ClH.H3Si.Zr/c1-2-5-9-7-3-6-8(9)4-1;;;;;/h1-7H;2*1H3;1H;1H3;/q;;;;;+1/p-1. The summed E-state index contributed by atoms with van der Waals surface area (Å²) in [5.74, 6) is 0. The van der Waals surface area contributed by atoms with Crippen LogP contribution in [-0.2, 0) is 16.7 Å². The SMILES string of the molecule is [CH3][Zr]([CH3])([SiH3])([Cl])[CH]1C=Cc2ccccc21. The molecule has 2 rings (SSSR count). The molecule has 1 unspecified atom stereocenters. The maximum absolute atomic E-state index is 6.84. The molecule has 0 bridgehead atoms. The van der Waals surface area contributed by atoms with E-state index in [0.717, 1.165) is 0 Å². The number of rotatable bonds is 1. The van der Waals surface area contributed by atoms with Crippen LogP contribution < -0.4 is 0 Å². The van der Waals surface area contributed by atoms with Gasteiger partial charge in [-0.1, -0.05) is 0 Å². The molecule has 0 N–H and O–H groups in total. The van der Waals surface area contributed by atoms with Crippen LogP contribution >= 0.6 is 8.51 Å². The molecule has 1 aromatic carbocycles. The van der Waals surface area contributed by atoms with Crippen LogP contribution in [-0.4, -0.2) is 7.37 Å². The third-order valence-electron chi connectivity index (χ3n) is 2.85. The van der Waals surface area contributed by atoms with Crippen molar-refractivity contribution >= 4 is 22.0 Å². The third-order valence-corrected chi connectivity index (χ3v) is 14.3. The average molecular weight is 303 g/mol. The molecule has 0 saturated heterocycles. The Kier molecular flexibility index (Phi) is 2.46. The second-order valence-corrected chi connectivity index (χ2v) is 51.9. The van der Waals surface area contributed by atoms with E-state index >= 15 is 0 Å². The zero-order valence-electron chi connectivity index (χ0n) is 8.92. The summed E-state index contributed by atoms with van der Waals surface area (Å²) in [7, 11) is 8.01. The molecule has 14 heavy (non-hydrogen) atoms. The molecule has 0 amide bonds. The van der Waals surface area contributed by atoms with Crippen molar-refractivity contribution in [3.8, 4) is 0 Å². The van der Waals surface area contributed by atoms with E-state index in [1.807, 2.05) is 0 Å². The summed E-state index contributed by atoms with van der Waals surface area (Å²) in [6.45, 7) is 0. The topological polar surface area (TPSA) is 0 Å². The molecule has 3 heteroatoms. The average Bonchev–Trinajstić information content (AvgIpc) is 2.44. The molecule has 1 aromatic rings. The summed E-state index contributed by atoms with van der Waals surface area (Å²) in [6.07, 6.45) is 4.57. The molecule has 0 heterocycles. The number of allylic oxidation sites excluding steroid dienone is 1. The first-order valence-corrected chi connectivity index (χ1v) is 22.9. The van der Waals surface area contributed by atoms with Gasteiger partial charge in [0.2, 0.25) is 0 Å². The van der Waals surface area contributed by atoms with Gasteiger partial charge in [0.05, 0.1) is 0 Å². The van der Waals surface area contributed by atoms with Crippen molar-refractivity contribution in [2.45, 2.75) is 12.9 Å². The molecule has 75 valence electrons. The fourth-order valence-corrected chi connectivity index (χ4v) is 11.3. The van der Waals surface area contributed by atoms with Gasteiger partial charge in [0.25, 0.3) is 0 Å². The second-order valence-electron chi connectivity index (χ2n) is 5.51. The summed E-state index contributed by atoms with van der Waals surface area (Å²) < 4.78 is 5.28. The van der Waals surface area contributed by atoms with Gasteiger partial charge in [-0.25, -0.2) is 0 Å². The Morgan fingerprint density at radius 1 is 1.29 bits per heavy atom. The van der Waals surface area contributed by atoms with E-state index in [1.165, 1.54) is 18.5 Å². The minimum absolute atomic E-state index is 0.570. The molecule has 0 spiro atoms. The van der Waals surface area contributed by atoms with Crippen molar-refractivity contribution in [2.24, 2.45) is 0 Å². The number of hydrogen-bond donors (Lipinski definition) is 0. The Labute approximate surface area is 92.4 Å². The zero-order chi connectivity index (χ0) is 10.4. The van der Waals surface area contributed by atoms with Crippen LogP contribution in [0.1, 0.15) is 14.8 Å². The number of hydrogen-bond acceptors (Lipinski definition) is 0. The Hall–Kier alpha value is 0.350. The summed E-state index contributed by atoms with van der Waals surface area (Å²) >= 11 is -2.79. The van der Waals surface area contributed by atoms with E-state index in [1.54, 1.807) is 0 Å². The molecular formula is C11H16ClSiZr. The molecule has 0 radical (unpaired) electrons. The van der Waals surface area contributed by atoms with Crippen molar-refractivity contribution in [3.05, 3.63) is 41.5 Å². The quantitative estimate of drug-likeness (QED) is 0.700. The van der Waals surface area contributed by atoms with Crippen molar-refractivity contribution in [3.63, 3.8) is 0 Å². The zero-order valence-corrected chi connectivity index (χ0v) is 14.1. The normalized spacial score (nSPS) is 23.1. The van der Waals surface area contributed by atoms with Gasteiger partial charge in [-0.15, -0.1) is 0 Å². The van der Waals surface area contributed by atoms with E-state index in [9.17, 15) is 0 Å². The Morgan fingerprint density at radius 2 is 1.93 bits per heavy atom. The van der Waals surface area contributed by atoms with Gasteiger partial charge in [0, 0.05) is 0 Å². The first kappa shape index (κ1) is 10.9. The molecule has 0 nitrogen and oxygen atoms in total. The van der Waals surface area contributed by atoms with Crippen LogP contribution in [0.5, 0.6) is 0 Å². The van der Waals surface area contributed by atoms with Crippen LogP contribution in [0, 0.1) is 0 Å². The summed E-state index contributed by atoms with van der Waals surface area (Å²) in [6, 6.07) is 8.64. The predicted octanol–water partition coefficient (Wildman–Crippen LogP) is 2.97. The van der Waals surface area contributed by atoms with Gasteiger partial charge in [0.1, 0.15) is 0 Å². The minimum atomic E-state index is -2.79. The number of halogens is 1. The van der Waals surface area contributed by atoms with Gasteiger partial charge in [-0.2, -0.15) is 0 Å². The second kappa shape index (κ2) is 3.17. The first-order chi connectivity index (χ1) is 6.35. The van der Waals surface area contributed by atoms with Crippen molar-refractivity contribution < 1.29 is 16.7 Å². The number of fused-ring (bicyclic) bond motifs is 1. The molecule has 1 atom stereocenters. The molecular weight excluding hydrogens is 287 g/mol. The molecule has 1 aliphatic carbocycles. The first-order valence-electron chi connectivity index (χ1n) is 5.05. The van der Waals surface area contributed by atoms with Gasteiger partial charge < -0.3 is 0 Å². The molecule has 0 aliphatic heterocycles. The van der Waals surface area contributed by atoms with E-state index < -0.39 is 16.7 Å². The predicted molar refractivity (Wildman–Crippen MR) is 65.7 cm³/mol. The van der Waals surface area contributed by atoms with E-state index in [0.29, 0.717) is 3.63 Å². The van der Waals surface area contributed by atoms with Gasteiger partial charge in [-0.3, -0.25) is 0 Å². The van der Waals surface area contributed by atoms with Crippen LogP contribution in [0.2, 0.25) is 9.26 Å². The summed E-state index contributed by atoms with van der Waals surface area (Å²) in [4.78, 5) is 0. The van der Waals surface area contributed by atoms with Crippen molar-refractivity contribution in [1.82, 2.24) is 0 Å². The Bertz CT molecular complexity index is 394. The molecule has 0 fully saturated rings. The molecule has 1 aliphatic rings. The van der Waals surface area contributed by atoms with Crippen LogP contribution in [0.4, 0.5) is 0 Å². The van der Waals surface area contributed by atoms with Crippen LogP contribution in [0.3, 0.4) is 0 Å².